The zero-order valence-corrected chi connectivity index (χ0v) is 9.69. The predicted molar refractivity (Wildman–Crippen MR) is 71.2 cm³/mol. The van der Waals surface area contributed by atoms with Crippen LogP contribution in [0.4, 0.5) is 5.69 Å². The van der Waals surface area contributed by atoms with E-state index in [0.29, 0.717) is 13.0 Å². The number of rotatable bonds is 0. The first-order valence-electron chi connectivity index (χ1n) is 6.05. The van der Waals surface area contributed by atoms with Crippen LogP contribution in [0.25, 0.3) is 21.9 Å². The quantitative estimate of drug-likeness (QED) is 0.649. The van der Waals surface area contributed by atoms with Crippen molar-refractivity contribution >= 4 is 33.4 Å². The number of Topliss-reactive ketones (excluding diaryl/α,β-unsaturated/α-hetero) is 1. The van der Waals surface area contributed by atoms with Crippen molar-refractivity contribution < 1.29 is 9.21 Å². The summed E-state index contributed by atoms with van der Waals surface area (Å²) in [5.74, 6) is 0.186. The number of nitrogens with one attached hydrogen (secondary N) is 1. The third-order valence-electron chi connectivity index (χ3n) is 3.48. The fraction of sp³-hybridized carbons (Fsp3) is 0.133. The summed E-state index contributed by atoms with van der Waals surface area (Å²) in [6.45, 7) is 0.715. The van der Waals surface area contributed by atoms with Crippen molar-refractivity contribution in [3.63, 3.8) is 0 Å². The van der Waals surface area contributed by atoms with Gasteiger partial charge in [0.25, 0.3) is 0 Å². The standard InChI is InChI=1S/C15H11NO2/c17-13-5-6-16-12-7-10-9-3-1-2-4-14(9)18-15(10)8-11(12)13/h1-4,7-8,16H,5-6H2. The zero-order chi connectivity index (χ0) is 12.1. The van der Waals surface area contributed by atoms with Crippen LogP contribution >= 0.6 is 0 Å². The van der Waals surface area contributed by atoms with Crippen LogP contribution in [0.5, 0.6) is 0 Å². The molecule has 0 spiro atoms. The smallest absolute Gasteiger partial charge is 0.166 e. The number of hydrogen-bond acceptors (Lipinski definition) is 3. The summed E-state index contributed by atoms with van der Waals surface area (Å²) >= 11 is 0. The topological polar surface area (TPSA) is 42.2 Å². The molecule has 1 aliphatic rings. The lowest BCUT2D eigenvalue weighted by molar-refractivity contribution is 0.0984. The molecule has 0 amide bonds. The van der Waals surface area contributed by atoms with Crippen LogP contribution in [0.2, 0.25) is 0 Å². The molecule has 1 N–H and O–H groups in total. The average molecular weight is 237 g/mol. The van der Waals surface area contributed by atoms with Gasteiger partial charge in [-0.25, -0.2) is 0 Å². The Hall–Kier alpha value is -2.29. The minimum Gasteiger partial charge on any atom is -0.456 e. The Morgan fingerprint density at radius 2 is 1.94 bits per heavy atom. The normalized spacial score (nSPS) is 14.8. The highest BCUT2D eigenvalue weighted by Crippen LogP contribution is 2.34. The molecule has 3 aromatic rings. The Labute approximate surface area is 103 Å². The third kappa shape index (κ3) is 1.21. The van der Waals surface area contributed by atoms with Gasteiger partial charge in [0.1, 0.15) is 11.2 Å². The first-order valence-corrected chi connectivity index (χ1v) is 6.05. The van der Waals surface area contributed by atoms with Gasteiger partial charge in [-0.2, -0.15) is 0 Å². The highest BCUT2D eigenvalue weighted by atomic mass is 16.3. The van der Waals surface area contributed by atoms with Gasteiger partial charge in [0.2, 0.25) is 0 Å². The molecular formula is C15H11NO2. The summed E-state index contributed by atoms with van der Waals surface area (Å²) in [6, 6.07) is 11.8. The highest BCUT2D eigenvalue weighted by molar-refractivity contribution is 6.12. The Bertz CT molecular complexity index is 786. The Morgan fingerprint density at radius 1 is 1.06 bits per heavy atom. The van der Waals surface area contributed by atoms with Gasteiger partial charge in [0, 0.05) is 35.0 Å². The van der Waals surface area contributed by atoms with Crippen LogP contribution in [-0.2, 0) is 0 Å². The van der Waals surface area contributed by atoms with E-state index in [-0.39, 0.29) is 5.78 Å². The second-order valence-corrected chi connectivity index (χ2v) is 4.59. The van der Waals surface area contributed by atoms with Crippen molar-refractivity contribution in [3.05, 3.63) is 42.0 Å². The van der Waals surface area contributed by atoms with Crippen molar-refractivity contribution in [3.8, 4) is 0 Å². The molecule has 18 heavy (non-hydrogen) atoms. The van der Waals surface area contributed by atoms with E-state index < -0.39 is 0 Å². The van der Waals surface area contributed by atoms with Crippen molar-refractivity contribution in [2.45, 2.75) is 6.42 Å². The first-order chi connectivity index (χ1) is 8.83. The lowest BCUT2D eigenvalue weighted by Crippen LogP contribution is -2.17. The molecule has 0 saturated carbocycles. The van der Waals surface area contributed by atoms with E-state index in [9.17, 15) is 4.79 Å². The molecule has 4 rings (SSSR count). The number of fused-ring (bicyclic) bond motifs is 4. The lowest BCUT2D eigenvalue weighted by Gasteiger charge is -2.16. The lowest BCUT2D eigenvalue weighted by atomic mass is 10.00. The predicted octanol–water partition coefficient (Wildman–Crippen LogP) is 3.58. The molecule has 88 valence electrons. The fourth-order valence-corrected chi connectivity index (χ4v) is 2.59. The van der Waals surface area contributed by atoms with Crippen LogP contribution in [0.3, 0.4) is 0 Å². The van der Waals surface area contributed by atoms with E-state index in [1.807, 2.05) is 36.4 Å². The highest BCUT2D eigenvalue weighted by Gasteiger charge is 2.19. The molecule has 2 heterocycles. The van der Waals surface area contributed by atoms with Gasteiger partial charge in [-0.05, 0) is 18.2 Å². The van der Waals surface area contributed by atoms with E-state index >= 15 is 0 Å². The molecule has 2 aromatic carbocycles. The van der Waals surface area contributed by atoms with E-state index in [1.54, 1.807) is 0 Å². The summed E-state index contributed by atoms with van der Waals surface area (Å²) in [5, 5.41) is 5.43. The number of para-hydroxylation sites is 1. The minimum atomic E-state index is 0.186. The number of ketones is 1. The number of furan rings is 1. The van der Waals surface area contributed by atoms with Gasteiger partial charge in [0.15, 0.2) is 5.78 Å². The Morgan fingerprint density at radius 3 is 2.89 bits per heavy atom. The van der Waals surface area contributed by atoms with Crippen LogP contribution < -0.4 is 5.32 Å². The van der Waals surface area contributed by atoms with Gasteiger partial charge < -0.3 is 9.73 Å². The molecule has 0 unspecified atom stereocenters. The number of benzene rings is 2. The number of carbonyl (C=O) groups excluding carboxylic acids is 1. The van der Waals surface area contributed by atoms with Crippen LogP contribution in [0.15, 0.2) is 40.8 Å². The van der Waals surface area contributed by atoms with Crippen LogP contribution in [0, 0.1) is 0 Å². The van der Waals surface area contributed by atoms with Crippen molar-refractivity contribution in [2.75, 3.05) is 11.9 Å². The third-order valence-corrected chi connectivity index (χ3v) is 3.48. The summed E-state index contributed by atoms with van der Waals surface area (Å²) in [4.78, 5) is 11.9. The molecular weight excluding hydrogens is 226 g/mol. The summed E-state index contributed by atoms with van der Waals surface area (Å²) in [7, 11) is 0. The Kier molecular flexibility index (Phi) is 1.81. The molecule has 0 bridgehead atoms. The minimum absolute atomic E-state index is 0.186. The van der Waals surface area contributed by atoms with Gasteiger partial charge in [-0.15, -0.1) is 0 Å². The van der Waals surface area contributed by atoms with E-state index in [1.165, 1.54) is 0 Å². The Balaban J connectivity index is 2.13. The fourth-order valence-electron chi connectivity index (χ4n) is 2.59. The maximum atomic E-state index is 11.9. The summed E-state index contributed by atoms with van der Waals surface area (Å²) < 4.78 is 5.79. The van der Waals surface area contributed by atoms with Gasteiger partial charge in [-0.3, -0.25) is 4.79 Å². The van der Waals surface area contributed by atoms with E-state index in [0.717, 1.165) is 33.2 Å². The summed E-state index contributed by atoms with van der Waals surface area (Å²) in [5.41, 5.74) is 3.31. The largest absolute Gasteiger partial charge is 0.456 e. The van der Waals surface area contributed by atoms with Crippen LogP contribution in [0.1, 0.15) is 16.8 Å². The maximum absolute atomic E-state index is 11.9. The molecule has 0 atom stereocenters. The van der Waals surface area contributed by atoms with Gasteiger partial charge in [0.05, 0.1) is 0 Å². The molecule has 1 aromatic heterocycles. The van der Waals surface area contributed by atoms with Gasteiger partial charge in [-0.1, -0.05) is 18.2 Å². The molecule has 3 heteroatoms. The van der Waals surface area contributed by atoms with E-state index in [4.69, 9.17) is 4.42 Å². The number of carbonyl (C=O) groups is 1. The molecule has 0 aliphatic carbocycles. The second kappa shape index (κ2) is 3.35. The molecule has 1 aliphatic heterocycles. The zero-order valence-electron chi connectivity index (χ0n) is 9.69. The molecule has 0 radical (unpaired) electrons. The molecule has 0 saturated heterocycles. The second-order valence-electron chi connectivity index (χ2n) is 4.59. The number of anilines is 1. The van der Waals surface area contributed by atoms with Crippen LogP contribution in [-0.4, -0.2) is 12.3 Å². The number of hydrogen-bond donors (Lipinski definition) is 1. The first kappa shape index (κ1) is 9.71. The summed E-state index contributed by atoms with van der Waals surface area (Å²) in [6.07, 6.45) is 0.554. The molecule has 0 fully saturated rings. The SMILES string of the molecule is O=C1CCNc2cc3c(cc21)oc1ccccc13. The monoisotopic (exact) mass is 237 g/mol. The average Bonchev–Trinajstić information content (AvgIpc) is 2.75. The van der Waals surface area contributed by atoms with Crippen molar-refractivity contribution in [1.82, 2.24) is 0 Å². The van der Waals surface area contributed by atoms with E-state index in [2.05, 4.69) is 5.32 Å². The maximum Gasteiger partial charge on any atom is 0.166 e. The van der Waals surface area contributed by atoms with Crippen molar-refractivity contribution in [2.24, 2.45) is 0 Å². The van der Waals surface area contributed by atoms with Gasteiger partial charge >= 0.3 is 0 Å². The molecule has 3 nitrogen and oxygen atoms in total. The van der Waals surface area contributed by atoms with Crippen molar-refractivity contribution in [1.29, 1.82) is 0 Å².